The number of ketones is 1. The van der Waals surface area contributed by atoms with Crippen LogP contribution in [0.2, 0.25) is 0 Å². The van der Waals surface area contributed by atoms with Gasteiger partial charge in [-0.1, -0.05) is 6.08 Å². The molecule has 0 saturated carbocycles. The van der Waals surface area contributed by atoms with Gasteiger partial charge in [0.2, 0.25) is 0 Å². The average Bonchev–Trinajstić information content (AvgIpc) is 2.74. The van der Waals surface area contributed by atoms with E-state index in [0.29, 0.717) is 10.6 Å². The highest BCUT2D eigenvalue weighted by atomic mass is 32.1. The third-order valence-corrected chi connectivity index (χ3v) is 2.96. The first-order valence-electron chi connectivity index (χ1n) is 4.77. The molecule has 0 bridgehead atoms. The highest BCUT2D eigenvalue weighted by molar-refractivity contribution is 7.80. The van der Waals surface area contributed by atoms with Crippen LogP contribution in [-0.4, -0.2) is 24.1 Å². The lowest BCUT2D eigenvalue weighted by Gasteiger charge is -1.97. The molecule has 86 valence electrons. The van der Waals surface area contributed by atoms with Crippen molar-refractivity contribution in [2.24, 2.45) is 0 Å². The summed E-state index contributed by atoms with van der Waals surface area (Å²) in [5.41, 5.74) is 0. The fourth-order valence-corrected chi connectivity index (χ4v) is 2.00. The van der Waals surface area contributed by atoms with Crippen molar-refractivity contribution in [1.82, 2.24) is 0 Å². The third kappa shape index (κ3) is 3.50. The molecular weight excluding hydrogens is 244 g/mol. The maximum absolute atomic E-state index is 11.5. The largest absolute Gasteiger partial charge is 0.460 e. The maximum Gasteiger partial charge on any atom is 0.380 e. The van der Waals surface area contributed by atoms with Gasteiger partial charge >= 0.3 is 5.97 Å². The molecule has 3 nitrogen and oxygen atoms in total. The highest BCUT2D eigenvalue weighted by Crippen LogP contribution is 2.18. The van der Waals surface area contributed by atoms with Crippen LogP contribution in [0.4, 0.5) is 0 Å². The van der Waals surface area contributed by atoms with Gasteiger partial charge in [0, 0.05) is 10.6 Å². The van der Waals surface area contributed by atoms with Crippen LogP contribution in [0.5, 0.6) is 0 Å². The summed E-state index contributed by atoms with van der Waals surface area (Å²) in [5, 5.41) is 0. The van der Waals surface area contributed by atoms with E-state index in [-0.39, 0.29) is 6.61 Å². The summed E-state index contributed by atoms with van der Waals surface area (Å²) in [6.45, 7) is 1.88. The lowest BCUT2D eigenvalue weighted by atomic mass is 10.3. The van der Waals surface area contributed by atoms with Crippen molar-refractivity contribution in [3.63, 3.8) is 0 Å². The van der Waals surface area contributed by atoms with Crippen molar-refractivity contribution in [2.75, 3.05) is 12.4 Å². The first-order valence-corrected chi connectivity index (χ1v) is 6.22. The van der Waals surface area contributed by atoms with Gasteiger partial charge in [-0.15, -0.1) is 11.3 Å². The lowest BCUT2D eigenvalue weighted by molar-refractivity contribution is -0.137. The summed E-state index contributed by atoms with van der Waals surface area (Å²) >= 11 is 5.30. The predicted molar refractivity (Wildman–Crippen MR) is 68.2 cm³/mol. The molecule has 1 rings (SSSR count). The van der Waals surface area contributed by atoms with E-state index >= 15 is 0 Å². The zero-order chi connectivity index (χ0) is 12.0. The summed E-state index contributed by atoms with van der Waals surface area (Å²) < 4.78 is 4.64. The third-order valence-electron chi connectivity index (χ3n) is 1.70. The molecule has 0 aromatic carbocycles. The van der Waals surface area contributed by atoms with E-state index in [2.05, 4.69) is 17.4 Å². The first kappa shape index (κ1) is 13.0. The summed E-state index contributed by atoms with van der Waals surface area (Å²) in [6.07, 6.45) is 3.73. The average molecular weight is 256 g/mol. The van der Waals surface area contributed by atoms with Gasteiger partial charge in [0.15, 0.2) is 0 Å². The minimum absolute atomic E-state index is 0.211. The van der Waals surface area contributed by atoms with Gasteiger partial charge in [0.1, 0.15) is 0 Å². The van der Waals surface area contributed by atoms with Crippen molar-refractivity contribution >= 4 is 41.8 Å². The Bertz CT molecular complexity index is 407. The van der Waals surface area contributed by atoms with Crippen molar-refractivity contribution in [2.45, 2.75) is 6.92 Å². The fraction of sp³-hybridized carbons (Fsp3) is 0.273. The predicted octanol–water partition coefficient (Wildman–Crippen LogP) is 2.44. The number of thiophene rings is 1. The Kier molecular flexibility index (Phi) is 5.28. The fourth-order valence-electron chi connectivity index (χ4n) is 1.03. The van der Waals surface area contributed by atoms with Gasteiger partial charge in [-0.25, -0.2) is 4.79 Å². The van der Waals surface area contributed by atoms with E-state index in [1.807, 2.05) is 12.2 Å². The van der Waals surface area contributed by atoms with Crippen LogP contribution in [0.15, 0.2) is 18.2 Å². The molecule has 0 atom stereocenters. The van der Waals surface area contributed by atoms with E-state index in [1.165, 1.54) is 11.3 Å². The Balaban J connectivity index is 2.74. The van der Waals surface area contributed by atoms with E-state index < -0.39 is 11.8 Å². The number of ether oxygens (including phenoxy) is 1. The Morgan fingerprint density at radius 3 is 2.88 bits per heavy atom. The lowest BCUT2D eigenvalue weighted by Crippen LogP contribution is -2.16. The molecule has 1 heterocycles. The first-order chi connectivity index (χ1) is 7.69. The Hall–Kier alpha value is -1.07. The SMILES string of the molecule is CCOC(=O)C(=O)c1ccc(C=CCS)s1. The van der Waals surface area contributed by atoms with Crippen molar-refractivity contribution in [3.05, 3.63) is 28.0 Å². The van der Waals surface area contributed by atoms with Gasteiger partial charge in [-0.3, -0.25) is 4.79 Å². The van der Waals surface area contributed by atoms with Gasteiger partial charge in [0.05, 0.1) is 11.5 Å². The Morgan fingerprint density at radius 1 is 1.50 bits per heavy atom. The van der Waals surface area contributed by atoms with Crippen LogP contribution in [0.3, 0.4) is 0 Å². The minimum Gasteiger partial charge on any atom is -0.460 e. The normalized spacial score (nSPS) is 10.6. The number of thiol groups is 1. The van der Waals surface area contributed by atoms with E-state index in [1.54, 1.807) is 19.1 Å². The number of carbonyl (C=O) groups is 2. The molecule has 0 spiro atoms. The monoisotopic (exact) mass is 256 g/mol. The van der Waals surface area contributed by atoms with Crippen molar-refractivity contribution in [3.8, 4) is 0 Å². The number of hydrogen-bond donors (Lipinski definition) is 1. The van der Waals surface area contributed by atoms with Crippen LogP contribution >= 0.6 is 24.0 Å². The standard InChI is InChI=1S/C11H12O3S2/c1-2-14-11(13)10(12)9-6-5-8(16-9)4-3-7-15/h3-6,15H,2,7H2,1H3. The molecule has 0 saturated heterocycles. The topological polar surface area (TPSA) is 43.4 Å². The highest BCUT2D eigenvalue weighted by Gasteiger charge is 2.18. The zero-order valence-corrected chi connectivity index (χ0v) is 10.5. The number of esters is 1. The Morgan fingerprint density at radius 2 is 2.25 bits per heavy atom. The smallest absolute Gasteiger partial charge is 0.380 e. The van der Waals surface area contributed by atoms with Crippen LogP contribution < -0.4 is 0 Å². The Labute approximate surface area is 104 Å². The van der Waals surface area contributed by atoms with Gasteiger partial charge in [-0.2, -0.15) is 12.6 Å². The quantitative estimate of drug-likeness (QED) is 0.381. The second kappa shape index (κ2) is 6.50. The molecule has 0 radical (unpaired) electrons. The van der Waals surface area contributed by atoms with Crippen LogP contribution in [0.1, 0.15) is 21.5 Å². The summed E-state index contributed by atoms with van der Waals surface area (Å²) in [5.74, 6) is -0.745. The zero-order valence-electron chi connectivity index (χ0n) is 8.80. The van der Waals surface area contributed by atoms with Gasteiger partial charge < -0.3 is 4.74 Å². The molecule has 1 aromatic heterocycles. The summed E-state index contributed by atoms with van der Waals surface area (Å²) in [7, 11) is 0. The molecule has 0 unspecified atom stereocenters. The number of Topliss-reactive ketones (excluding diaryl/α,β-unsaturated/α-hetero) is 1. The summed E-state index contributed by atoms with van der Waals surface area (Å²) in [4.78, 5) is 24.0. The molecule has 0 amide bonds. The molecule has 0 N–H and O–H groups in total. The molecule has 0 aliphatic carbocycles. The van der Waals surface area contributed by atoms with Crippen molar-refractivity contribution in [1.29, 1.82) is 0 Å². The molecule has 0 aliphatic rings. The second-order valence-electron chi connectivity index (χ2n) is 2.84. The van der Waals surface area contributed by atoms with E-state index in [0.717, 1.165) is 4.88 Å². The number of carbonyl (C=O) groups excluding carboxylic acids is 2. The van der Waals surface area contributed by atoms with E-state index in [4.69, 9.17) is 0 Å². The second-order valence-corrected chi connectivity index (χ2v) is 4.32. The van der Waals surface area contributed by atoms with Crippen LogP contribution in [0.25, 0.3) is 6.08 Å². The van der Waals surface area contributed by atoms with Gasteiger partial charge in [0.25, 0.3) is 5.78 Å². The minimum atomic E-state index is -0.797. The number of rotatable bonds is 5. The maximum atomic E-state index is 11.5. The van der Waals surface area contributed by atoms with E-state index in [9.17, 15) is 9.59 Å². The molecular formula is C11H12O3S2. The van der Waals surface area contributed by atoms with Crippen LogP contribution in [0, 0.1) is 0 Å². The van der Waals surface area contributed by atoms with Crippen LogP contribution in [-0.2, 0) is 9.53 Å². The molecule has 5 heteroatoms. The summed E-state index contributed by atoms with van der Waals surface area (Å²) in [6, 6.07) is 3.42. The molecule has 16 heavy (non-hydrogen) atoms. The molecule has 0 aliphatic heterocycles. The molecule has 1 aromatic rings. The van der Waals surface area contributed by atoms with Crippen molar-refractivity contribution < 1.29 is 14.3 Å². The number of hydrogen-bond acceptors (Lipinski definition) is 5. The van der Waals surface area contributed by atoms with Gasteiger partial charge in [-0.05, 0) is 25.1 Å². The molecule has 0 fully saturated rings.